The van der Waals surface area contributed by atoms with Crippen molar-refractivity contribution in [2.24, 2.45) is 0 Å². The number of nitrogens with zero attached hydrogens (tertiary/aromatic N) is 2. The lowest BCUT2D eigenvalue weighted by molar-refractivity contribution is -0.133. The van der Waals surface area contributed by atoms with Crippen LogP contribution < -0.4 is 5.32 Å². The van der Waals surface area contributed by atoms with Gasteiger partial charge in [-0.1, -0.05) is 23.2 Å². The van der Waals surface area contributed by atoms with Gasteiger partial charge in [-0.25, -0.2) is 4.98 Å². The van der Waals surface area contributed by atoms with Gasteiger partial charge in [0, 0.05) is 36.3 Å². The first-order chi connectivity index (χ1) is 13.5. The number of morpholine rings is 1. The summed E-state index contributed by atoms with van der Waals surface area (Å²) in [6.45, 7) is 2.77. The number of hydrogen-bond acceptors (Lipinski definition) is 4. The van der Waals surface area contributed by atoms with Crippen LogP contribution in [0.25, 0.3) is 11.1 Å². The highest BCUT2D eigenvalue weighted by molar-refractivity contribution is 6.31. The lowest BCUT2D eigenvalue weighted by Gasteiger charge is -2.32. The Morgan fingerprint density at radius 1 is 1.29 bits per heavy atom. The lowest BCUT2D eigenvalue weighted by Crippen LogP contribution is -2.41. The molecule has 3 rings (SSSR count). The predicted molar refractivity (Wildman–Crippen MR) is 109 cm³/mol. The number of halogens is 2. The normalized spacial score (nSPS) is 17.0. The summed E-state index contributed by atoms with van der Waals surface area (Å²) in [5.41, 5.74) is 3.80. The van der Waals surface area contributed by atoms with Crippen LogP contribution in [0.2, 0.25) is 5.02 Å². The summed E-state index contributed by atoms with van der Waals surface area (Å²) in [6.07, 6.45) is 2.65. The molecule has 6 nitrogen and oxygen atoms in total. The second kappa shape index (κ2) is 9.19. The van der Waals surface area contributed by atoms with E-state index in [1.54, 1.807) is 17.2 Å². The molecule has 0 spiro atoms. The minimum absolute atomic E-state index is 0.153. The van der Waals surface area contributed by atoms with Crippen LogP contribution in [0.1, 0.15) is 18.6 Å². The van der Waals surface area contributed by atoms with Gasteiger partial charge in [0.15, 0.2) is 0 Å². The first-order valence-electron chi connectivity index (χ1n) is 8.68. The lowest BCUT2D eigenvalue weighted by atomic mass is 10.00. The van der Waals surface area contributed by atoms with Gasteiger partial charge in [0.2, 0.25) is 11.8 Å². The smallest absolute Gasteiger partial charge is 0.247 e. The third-order valence-electron chi connectivity index (χ3n) is 4.27. The number of carbonyl (C=O) groups is 2. The Kier molecular flexibility index (Phi) is 6.67. The molecular formula is C20H19Cl2N3O3. The zero-order valence-corrected chi connectivity index (χ0v) is 16.7. The molecule has 1 aromatic heterocycles. The van der Waals surface area contributed by atoms with Crippen LogP contribution in [-0.2, 0) is 14.3 Å². The SMILES string of the molecule is CC(=O)Nc1cc(-c2cc(Cl)cc(C3CN(C(=O)/C=C\Cl)CCO3)c2)ccn1. The fourth-order valence-electron chi connectivity index (χ4n) is 3.03. The summed E-state index contributed by atoms with van der Waals surface area (Å²) in [6, 6.07) is 9.25. The Morgan fingerprint density at radius 3 is 2.86 bits per heavy atom. The van der Waals surface area contributed by atoms with E-state index >= 15 is 0 Å². The molecule has 1 unspecified atom stereocenters. The van der Waals surface area contributed by atoms with Gasteiger partial charge >= 0.3 is 0 Å². The van der Waals surface area contributed by atoms with Crippen molar-refractivity contribution in [3.63, 3.8) is 0 Å². The minimum Gasteiger partial charge on any atom is -0.370 e. The Hall–Kier alpha value is -2.41. The van der Waals surface area contributed by atoms with Crippen molar-refractivity contribution in [1.82, 2.24) is 9.88 Å². The first-order valence-corrected chi connectivity index (χ1v) is 9.49. The van der Waals surface area contributed by atoms with Crippen molar-refractivity contribution >= 4 is 40.8 Å². The number of aromatic nitrogens is 1. The molecular weight excluding hydrogens is 401 g/mol. The van der Waals surface area contributed by atoms with Gasteiger partial charge in [-0.2, -0.15) is 0 Å². The van der Waals surface area contributed by atoms with E-state index in [2.05, 4.69) is 10.3 Å². The third-order valence-corrected chi connectivity index (χ3v) is 4.62. The van der Waals surface area contributed by atoms with E-state index in [1.165, 1.54) is 18.5 Å². The number of pyridine rings is 1. The van der Waals surface area contributed by atoms with Crippen LogP contribution in [0.15, 0.2) is 48.1 Å². The van der Waals surface area contributed by atoms with E-state index in [1.807, 2.05) is 24.3 Å². The van der Waals surface area contributed by atoms with Gasteiger partial charge in [-0.3, -0.25) is 9.59 Å². The average molecular weight is 420 g/mol. The van der Waals surface area contributed by atoms with Crippen LogP contribution in [-0.4, -0.2) is 41.4 Å². The summed E-state index contributed by atoms with van der Waals surface area (Å²) in [5.74, 6) is 0.118. The molecule has 0 saturated carbocycles. The molecule has 1 fully saturated rings. The molecule has 2 amide bonds. The molecule has 1 aromatic carbocycles. The highest BCUT2D eigenvalue weighted by atomic mass is 35.5. The number of anilines is 1. The summed E-state index contributed by atoms with van der Waals surface area (Å²) in [4.78, 5) is 29.2. The maximum absolute atomic E-state index is 12.1. The fraction of sp³-hybridized carbons (Fsp3) is 0.250. The summed E-state index contributed by atoms with van der Waals surface area (Å²) in [5, 5.41) is 3.22. The molecule has 28 heavy (non-hydrogen) atoms. The maximum Gasteiger partial charge on any atom is 0.247 e. The second-order valence-electron chi connectivity index (χ2n) is 6.32. The van der Waals surface area contributed by atoms with E-state index in [4.69, 9.17) is 27.9 Å². The van der Waals surface area contributed by atoms with E-state index in [0.717, 1.165) is 16.7 Å². The van der Waals surface area contributed by atoms with E-state index in [0.29, 0.717) is 30.5 Å². The number of rotatable bonds is 4. The highest BCUT2D eigenvalue weighted by Gasteiger charge is 2.25. The molecule has 8 heteroatoms. The molecule has 0 radical (unpaired) electrons. The van der Waals surface area contributed by atoms with Gasteiger partial charge in [0.05, 0.1) is 13.2 Å². The van der Waals surface area contributed by atoms with Crippen molar-refractivity contribution < 1.29 is 14.3 Å². The highest BCUT2D eigenvalue weighted by Crippen LogP contribution is 2.31. The van der Waals surface area contributed by atoms with Crippen molar-refractivity contribution in [1.29, 1.82) is 0 Å². The van der Waals surface area contributed by atoms with Crippen LogP contribution in [0.5, 0.6) is 0 Å². The molecule has 1 N–H and O–H groups in total. The van der Waals surface area contributed by atoms with Gasteiger partial charge in [0.1, 0.15) is 11.9 Å². The van der Waals surface area contributed by atoms with Crippen molar-refractivity contribution in [2.75, 3.05) is 25.0 Å². The molecule has 1 aliphatic rings. The van der Waals surface area contributed by atoms with Crippen LogP contribution in [0.4, 0.5) is 5.82 Å². The molecule has 0 aliphatic carbocycles. The van der Waals surface area contributed by atoms with Crippen molar-refractivity contribution in [2.45, 2.75) is 13.0 Å². The molecule has 1 atom stereocenters. The van der Waals surface area contributed by atoms with Crippen molar-refractivity contribution in [3.8, 4) is 11.1 Å². The summed E-state index contributed by atoms with van der Waals surface area (Å²) < 4.78 is 5.87. The van der Waals surface area contributed by atoms with Crippen LogP contribution in [0.3, 0.4) is 0 Å². The molecule has 2 heterocycles. The Bertz CT molecular complexity index is 917. The second-order valence-corrected chi connectivity index (χ2v) is 7.01. The topological polar surface area (TPSA) is 71.5 Å². The fourth-order valence-corrected chi connectivity index (χ4v) is 3.39. The standard InChI is InChI=1S/C20H19Cl2N3O3/c1-13(26)24-19-11-14(3-5-23-19)15-8-16(10-17(22)9-15)18-12-25(6-7-28-18)20(27)2-4-21/h2-5,8-11,18H,6-7,12H2,1H3,(H,23,24,26)/b4-2-. The number of hydrogen-bond donors (Lipinski definition) is 1. The first kappa shape index (κ1) is 20.3. The maximum atomic E-state index is 12.1. The molecule has 146 valence electrons. The summed E-state index contributed by atoms with van der Waals surface area (Å²) in [7, 11) is 0. The number of benzene rings is 1. The zero-order valence-electron chi connectivity index (χ0n) is 15.2. The number of carbonyl (C=O) groups excluding carboxylic acids is 2. The number of nitrogens with one attached hydrogen (secondary N) is 1. The van der Waals surface area contributed by atoms with E-state index in [9.17, 15) is 9.59 Å². The zero-order chi connectivity index (χ0) is 20.1. The largest absolute Gasteiger partial charge is 0.370 e. The van der Waals surface area contributed by atoms with Gasteiger partial charge < -0.3 is 15.0 Å². The van der Waals surface area contributed by atoms with Crippen LogP contribution in [0, 0.1) is 0 Å². The molecule has 2 aromatic rings. The molecule has 0 bridgehead atoms. The minimum atomic E-state index is -0.296. The average Bonchev–Trinajstić information content (AvgIpc) is 2.67. The number of ether oxygens (including phenoxy) is 1. The summed E-state index contributed by atoms with van der Waals surface area (Å²) >= 11 is 11.9. The predicted octanol–water partition coefficient (Wildman–Crippen LogP) is 4.01. The molecule has 1 saturated heterocycles. The monoisotopic (exact) mass is 419 g/mol. The molecule has 1 aliphatic heterocycles. The van der Waals surface area contributed by atoms with Gasteiger partial charge in [0.25, 0.3) is 0 Å². The third kappa shape index (κ3) is 5.10. The van der Waals surface area contributed by atoms with Crippen molar-refractivity contribution in [3.05, 3.63) is 58.7 Å². The Morgan fingerprint density at radius 2 is 2.11 bits per heavy atom. The van der Waals surface area contributed by atoms with Gasteiger partial charge in [-0.15, -0.1) is 0 Å². The van der Waals surface area contributed by atoms with Crippen LogP contribution >= 0.6 is 23.2 Å². The quantitative estimate of drug-likeness (QED) is 0.759. The van der Waals surface area contributed by atoms with E-state index < -0.39 is 0 Å². The Balaban J connectivity index is 1.87. The van der Waals surface area contributed by atoms with Gasteiger partial charge in [-0.05, 0) is 47.0 Å². The van der Waals surface area contributed by atoms with E-state index in [-0.39, 0.29) is 17.9 Å². The number of amides is 2. The Labute approximate surface area is 173 Å².